The van der Waals surface area contributed by atoms with Crippen LogP contribution in [0.3, 0.4) is 0 Å². The van der Waals surface area contributed by atoms with Crippen LogP contribution in [0.2, 0.25) is 0 Å². The van der Waals surface area contributed by atoms with Gasteiger partial charge in [-0.25, -0.2) is 0 Å². The molecule has 0 saturated carbocycles. The van der Waals surface area contributed by atoms with Crippen molar-refractivity contribution >= 4 is 0 Å². The summed E-state index contributed by atoms with van der Waals surface area (Å²) in [6, 6.07) is 18.6. The lowest BCUT2D eigenvalue weighted by molar-refractivity contribution is 0.218. The van der Waals surface area contributed by atoms with Crippen molar-refractivity contribution in [3.63, 3.8) is 0 Å². The standard InChI is InChI=1S/C16H17O2/c1-13(2)18-16-11-7-6-10-15(16)17-12-14-8-4-3-5-9-14/h3-6,8-11,13H,12H2,1-2H3. The second-order valence-electron chi connectivity index (χ2n) is 4.31. The van der Waals surface area contributed by atoms with Crippen molar-refractivity contribution in [1.29, 1.82) is 0 Å². The zero-order chi connectivity index (χ0) is 12.8. The van der Waals surface area contributed by atoms with Crippen LogP contribution in [0.5, 0.6) is 11.5 Å². The Morgan fingerprint density at radius 1 is 1.06 bits per heavy atom. The molecule has 18 heavy (non-hydrogen) atoms. The summed E-state index contributed by atoms with van der Waals surface area (Å²) >= 11 is 0. The van der Waals surface area contributed by atoms with E-state index in [4.69, 9.17) is 9.47 Å². The number of rotatable bonds is 5. The van der Waals surface area contributed by atoms with E-state index in [0.29, 0.717) is 6.61 Å². The fraction of sp³-hybridized carbons (Fsp3) is 0.250. The van der Waals surface area contributed by atoms with Gasteiger partial charge in [0.25, 0.3) is 0 Å². The van der Waals surface area contributed by atoms with Gasteiger partial charge >= 0.3 is 0 Å². The summed E-state index contributed by atoms with van der Waals surface area (Å²) in [4.78, 5) is 0. The number of ether oxygens (including phenoxy) is 2. The summed E-state index contributed by atoms with van der Waals surface area (Å²) in [6.45, 7) is 4.53. The van der Waals surface area contributed by atoms with Crippen molar-refractivity contribution in [3.8, 4) is 11.5 Å². The Labute approximate surface area is 108 Å². The summed E-state index contributed by atoms with van der Waals surface area (Å²) in [5, 5.41) is 0. The van der Waals surface area contributed by atoms with Crippen molar-refractivity contribution in [2.45, 2.75) is 26.6 Å². The van der Waals surface area contributed by atoms with Gasteiger partial charge in [-0.2, -0.15) is 0 Å². The van der Waals surface area contributed by atoms with E-state index < -0.39 is 0 Å². The molecule has 2 nitrogen and oxygen atoms in total. The van der Waals surface area contributed by atoms with E-state index >= 15 is 0 Å². The Bertz CT molecular complexity index is 477. The molecular weight excluding hydrogens is 224 g/mol. The van der Waals surface area contributed by atoms with Crippen LogP contribution in [-0.4, -0.2) is 6.10 Å². The summed E-state index contributed by atoms with van der Waals surface area (Å²) in [7, 11) is 0. The maximum atomic E-state index is 5.78. The van der Waals surface area contributed by atoms with Crippen LogP contribution < -0.4 is 9.47 Å². The van der Waals surface area contributed by atoms with Gasteiger partial charge in [0.15, 0.2) is 11.5 Å². The van der Waals surface area contributed by atoms with Gasteiger partial charge in [-0.05, 0) is 37.6 Å². The molecule has 0 heterocycles. The third-order valence-corrected chi connectivity index (χ3v) is 2.39. The second kappa shape index (κ2) is 6.10. The van der Waals surface area contributed by atoms with Crippen molar-refractivity contribution in [2.75, 3.05) is 0 Å². The van der Waals surface area contributed by atoms with E-state index in [0.717, 1.165) is 17.1 Å². The molecule has 0 amide bonds. The van der Waals surface area contributed by atoms with Gasteiger partial charge in [0.1, 0.15) is 6.61 Å². The van der Waals surface area contributed by atoms with E-state index in [1.165, 1.54) is 0 Å². The lowest BCUT2D eigenvalue weighted by atomic mass is 10.2. The molecule has 2 heteroatoms. The predicted octanol–water partition coefficient (Wildman–Crippen LogP) is 3.85. The summed E-state index contributed by atoms with van der Waals surface area (Å²) < 4.78 is 11.5. The number of hydrogen-bond acceptors (Lipinski definition) is 2. The second-order valence-corrected chi connectivity index (χ2v) is 4.31. The average molecular weight is 241 g/mol. The van der Waals surface area contributed by atoms with E-state index in [9.17, 15) is 0 Å². The first kappa shape index (κ1) is 12.5. The third kappa shape index (κ3) is 3.52. The molecule has 0 fully saturated rings. The van der Waals surface area contributed by atoms with Crippen molar-refractivity contribution in [3.05, 3.63) is 60.2 Å². The van der Waals surface area contributed by atoms with Crippen LogP contribution in [0.15, 0.2) is 48.5 Å². The molecule has 93 valence electrons. The molecule has 0 aliphatic rings. The van der Waals surface area contributed by atoms with Gasteiger partial charge in [-0.3, -0.25) is 0 Å². The quantitative estimate of drug-likeness (QED) is 0.791. The molecule has 0 N–H and O–H groups in total. The zero-order valence-electron chi connectivity index (χ0n) is 10.7. The van der Waals surface area contributed by atoms with Crippen LogP contribution in [0.1, 0.15) is 19.4 Å². The highest BCUT2D eigenvalue weighted by atomic mass is 16.5. The number of benzene rings is 2. The lowest BCUT2D eigenvalue weighted by Gasteiger charge is -2.14. The molecule has 2 aromatic carbocycles. The Morgan fingerprint density at radius 2 is 1.83 bits per heavy atom. The molecule has 2 aromatic rings. The minimum Gasteiger partial charge on any atom is -0.487 e. The fourth-order valence-corrected chi connectivity index (χ4v) is 1.60. The van der Waals surface area contributed by atoms with E-state index in [2.05, 4.69) is 6.07 Å². The normalized spacial score (nSPS) is 10.4. The molecular formula is C16H17O2. The Balaban J connectivity index is 2.05. The molecule has 2 rings (SSSR count). The van der Waals surface area contributed by atoms with Gasteiger partial charge in [0, 0.05) is 0 Å². The Kier molecular flexibility index (Phi) is 4.24. The SMILES string of the molecule is CC(C)Oc1c[c]ccc1OCc1ccccc1. The lowest BCUT2D eigenvalue weighted by Crippen LogP contribution is -2.07. The topological polar surface area (TPSA) is 18.5 Å². The van der Waals surface area contributed by atoms with Crippen LogP contribution in [0.4, 0.5) is 0 Å². The highest BCUT2D eigenvalue weighted by Crippen LogP contribution is 2.27. The highest BCUT2D eigenvalue weighted by Gasteiger charge is 2.06. The highest BCUT2D eigenvalue weighted by molar-refractivity contribution is 5.39. The maximum absolute atomic E-state index is 5.78. The van der Waals surface area contributed by atoms with Crippen molar-refractivity contribution < 1.29 is 9.47 Å². The molecule has 0 aliphatic heterocycles. The summed E-state index contributed by atoms with van der Waals surface area (Å²) in [6.07, 6.45) is 0.125. The smallest absolute Gasteiger partial charge is 0.162 e. The molecule has 0 bridgehead atoms. The van der Waals surface area contributed by atoms with Crippen molar-refractivity contribution in [1.82, 2.24) is 0 Å². The first-order valence-corrected chi connectivity index (χ1v) is 6.09. The molecule has 0 aliphatic carbocycles. The first-order valence-electron chi connectivity index (χ1n) is 6.09. The van der Waals surface area contributed by atoms with Gasteiger partial charge in [-0.15, -0.1) is 0 Å². The minimum absolute atomic E-state index is 0.125. The summed E-state index contributed by atoms with van der Waals surface area (Å²) in [5.74, 6) is 1.50. The third-order valence-electron chi connectivity index (χ3n) is 2.39. The van der Waals surface area contributed by atoms with Gasteiger partial charge in [0.2, 0.25) is 0 Å². The predicted molar refractivity (Wildman–Crippen MR) is 71.8 cm³/mol. The average Bonchev–Trinajstić information content (AvgIpc) is 2.38. The Hall–Kier alpha value is -1.96. The molecule has 0 spiro atoms. The number of hydrogen-bond donors (Lipinski definition) is 0. The van der Waals surface area contributed by atoms with E-state index in [-0.39, 0.29) is 6.10 Å². The Morgan fingerprint density at radius 3 is 2.56 bits per heavy atom. The van der Waals surface area contributed by atoms with Gasteiger partial charge in [0.05, 0.1) is 6.10 Å². The zero-order valence-corrected chi connectivity index (χ0v) is 10.7. The van der Waals surface area contributed by atoms with Crippen LogP contribution in [0.25, 0.3) is 0 Å². The van der Waals surface area contributed by atoms with Crippen LogP contribution >= 0.6 is 0 Å². The maximum Gasteiger partial charge on any atom is 0.162 e. The summed E-state index contributed by atoms with van der Waals surface area (Å²) in [5.41, 5.74) is 1.14. The largest absolute Gasteiger partial charge is 0.487 e. The fourth-order valence-electron chi connectivity index (χ4n) is 1.60. The monoisotopic (exact) mass is 241 g/mol. The van der Waals surface area contributed by atoms with Gasteiger partial charge < -0.3 is 9.47 Å². The van der Waals surface area contributed by atoms with E-state index in [1.807, 2.05) is 56.3 Å². The molecule has 0 atom stereocenters. The van der Waals surface area contributed by atoms with Crippen LogP contribution in [-0.2, 0) is 6.61 Å². The molecule has 0 unspecified atom stereocenters. The molecule has 0 saturated heterocycles. The van der Waals surface area contributed by atoms with E-state index in [1.54, 1.807) is 6.07 Å². The minimum atomic E-state index is 0.125. The molecule has 1 radical (unpaired) electrons. The van der Waals surface area contributed by atoms with Gasteiger partial charge in [-0.1, -0.05) is 36.4 Å². The first-order chi connectivity index (χ1) is 8.75. The molecule has 0 aromatic heterocycles. The van der Waals surface area contributed by atoms with Crippen molar-refractivity contribution in [2.24, 2.45) is 0 Å². The van der Waals surface area contributed by atoms with Crippen LogP contribution in [0, 0.1) is 6.07 Å².